The van der Waals surface area contributed by atoms with E-state index in [1.54, 1.807) is 13.0 Å². The molecule has 218 valence electrons. The van der Waals surface area contributed by atoms with Gasteiger partial charge in [-0.05, 0) is 82.8 Å². The van der Waals surface area contributed by atoms with Crippen LogP contribution in [0.15, 0.2) is 46.2 Å². The summed E-state index contributed by atoms with van der Waals surface area (Å²) in [5.74, 6) is 0.337. The quantitative estimate of drug-likeness (QED) is 0.165. The van der Waals surface area contributed by atoms with Crippen molar-refractivity contribution in [3.05, 3.63) is 78.7 Å². The van der Waals surface area contributed by atoms with Crippen molar-refractivity contribution in [3.8, 4) is 0 Å². The molecule has 0 unspecified atom stereocenters. The lowest BCUT2D eigenvalue weighted by atomic mass is 9.82. The molecule has 0 saturated carbocycles. The molecule has 2 aromatic rings. The Morgan fingerprint density at radius 2 is 1.75 bits per heavy atom. The molecule has 1 N–H and O–H groups in total. The van der Waals surface area contributed by atoms with Crippen molar-refractivity contribution in [3.63, 3.8) is 0 Å². The fourth-order valence-electron chi connectivity index (χ4n) is 5.57. The minimum atomic E-state index is -1.50. The molecule has 11 nitrogen and oxygen atoms in total. The summed E-state index contributed by atoms with van der Waals surface area (Å²) in [6, 6.07) is 10.0. The molecule has 2 saturated heterocycles. The number of pyridine rings is 1. The van der Waals surface area contributed by atoms with Crippen LogP contribution in [-0.2, 0) is 4.84 Å². The number of hydrogen-bond acceptors (Lipinski definition) is 7. The number of hydrogen-bond donors (Lipinski definition) is 1. The third-order valence-corrected chi connectivity index (χ3v) is 8.49. The summed E-state index contributed by atoms with van der Waals surface area (Å²) in [4.78, 5) is 31.7. The van der Waals surface area contributed by atoms with E-state index in [1.165, 1.54) is 6.20 Å². The number of aromatic nitrogens is 1. The summed E-state index contributed by atoms with van der Waals surface area (Å²) in [6.07, 6.45) is 5.40. The van der Waals surface area contributed by atoms with Crippen molar-refractivity contribution >= 4 is 27.5 Å². The lowest BCUT2D eigenvalue weighted by Gasteiger charge is -2.49. The van der Waals surface area contributed by atoms with Gasteiger partial charge >= 0.3 is 0 Å². The number of carbonyl (C=O) groups is 1. The number of benzene rings is 1. The SMILES string of the molecule is CCO/N=C(/c1ccc(Br)cc1)C1CCN(C2(C)CCN(C(=O)c3c(C)cc[n+]([O-])c3C)CC2)CC1.O=[N+]([O-])O. The zero-order valence-corrected chi connectivity index (χ0v) is 25.1. The fraction of sp³-hybridized carbons (Fsp3) is 0.536. The molecule has 2 fully saturated rings. The standard InChI is InChI=1S/C28H37BrN4O3.HNO3/c1-5-36-30-26(22-6-8-24(29)9-7-22)23-11-15-32(16-12-23)28(4)13-18-31(19-14-28)27(34)25-20(2)10-17-33(35)21(25)3;2-1(3)4/h6-10,17,23H,5,11-16,18-19H2,1-4H3;(H,2,3,4)/b30-26-;. The highest BCUT2D eigenvalue weighted by molar-refractivity contribution is 9.10. The minimum Gasteiger partial charge on any atom is -0.618 e. The number of aryl methyl sites for hydroxylation is 1. The molecule has 0 radical (unpaired) electrons. The zero-order valence-electron chi connectivity index (χ0n) is 23.5. The number of rotatable bonds is 6. The van der Waals surface area contributed by atoms with Gasteiger partial charge in [0.25, 0.3) is 11.0 Å². The molecule has 0 aliphatic carbocycles. The first-order chi connectivity index (χ1) is 19.0. The number of amides is 1. The lowest BCUT2D eigenvalue weighted by Crippen LogP contribution is -2.57. The molecular formula is C28H38BrN5O6. The molecule has 2 aliphatic rings. The van der Waals surface area contributed by atoms with Gasteiger partial charge in [0, 0.05) is 42.0 Å². The maximum Gasteiger partial charge on any atom is 0.291 e. The first-order valence-corrected chi connectivity index (χ1v) is 14.3. The number of likely N-dealkylation sites (tertiary alicyclic amines) is 2. The molecule has 0 atom stereocenters. The van der Waals surface area contributed by atoms with Crippen LogP contribution in [0.5, 0.6) is 0 Å². The first-order valence-electron chi connectivity index (χ1n) is 13.5. The highest BCUT2D eigenvalue weighted by atomic mass is 79.9. The smallest absolute Gasteiger partial charge is 0.291 e. The molecule has 3 heterocycles. The third kappa shape index (κ3) is 7.69. The second-order valence-electron chi connectivity index (χ2n) is 10.5. The van der Waals surface area contributed by atoms with Gasteiger partial charge in [0.15, 0.2) is 6.20 Å². The van der Waals surface area contributed by atoms with E-state index in [-0.39, 0.29) is 11.4 Å². The number of piperidine rings is 2. The molecule has 2 aliphatic heterocycles. The Kier molecular flexibility index (Phi) is 10.9. The topological polar surface area (TPSA) is 135 Å². The Bertz CT molecular complexity index is 1200. The van der Waals surface area contributed by atoms with Gasteiger partial charge < -0.3 is 20.2 Å². The van der Waals surface area contributed by atoms with Gasteiger partial charge in [0.1, 0.15) is 12.2 Å². The fourth-order valence-corrected chi connectivity index (χ4v) is 5.83. The summed E-state index contributed by atoms with van der Waals surface area (Å²) < 4.78 is 1.84. The molecule has 4 rings (SSSR count). The Morgan fingerprint density at radius 3 is 2.30 bits per heavy atom. The van der Waals surface area contributed by atoms with Crippen molar-refractivity contribution in [1.29, 1.82) is 0 Å². The van der Waals surface area contributed by atoms with E-state index < -0.39 is 5.09 Å². The Labute approximate surface area is 243 Å². The van der Waals surface area contributed by atoms with Gasteiger partial charge in [0.05, 0.1) is 5.71 Å². The van der Waals surface area contributed by atoms with Crippen LogP contribution in [0.4, 0.5) is 0 Å². The third-order valence-electron chi connectivity index (χ3n) is 7.97. The van der Waals surface area contributed by atoms with Gasteiger partial charge in [0.2, 0.25) is 5.69 Å². The van der Waals surface area contributed by atoms with Crippen LogP contribution in [0.3, 0.4) is 0 Å². The summed E-state index contributed by atoms with van der Waals surface area (Å²) in [5.41, 5.74) is 4.11. The summed E-state index contributed by atoms with van der Waals surface area (Å²) in [5, 5.41) is 30.2. The zero-order chi connectivity index (χ0) is 29.4. The minimum absolute atomic E-state index is 0.0257. The average molecular weight is 621 g/mol. The van der Waals surface area contributed by atoms with Crippen molar-refractivity contribution in [2.45, 2.75) is 58.9 Å². The molecule has 1 aromatic carbocycles. The molecule has 12 heteroatoms. The van der Waals surface area contributed by atoms with Crippen LogP contribution in [0.25, 0.3) is 0 Å². The number of nitrogens with zero attached hydrogens (tertiary/aromatic N) is 5. The summed E-state index contributed by atoms with van der Waals surface area (Å²) in [6.45, 7) is 11.9. The molecule has 1 aromatic heterocycles. The molecule has 0 bridgehead atoms. The van der Waals surface area contributed by atoms with Crippen LogP contribution >= 0.6 is 15.9 Å². The van der Waals surface area contributed by atoms with E-state index in [0.29, 0.717) is 36.9 Å². The summed E-state index contributed by atoms with van der Waals surface area (Å²) >= 11 is 3.52. The molecular weight excluding hydrogens is 582 g/mol. The van der Waals surface area contributed by atoms with Crippen LogP contribution in [-0.4, -0.2) is 70.0 Å². The van der Waals surface area contributed by atoms with Gasteiger partial charge in [-0.15, -0.1) is 10.1 Å². The lowest BCUT2D eigenvalue weighted by molar-refractivity contribution is -0.742. The predicted octanol–water partition coefficient (Wildman–Crippen LogP) is 4.50. The van der Waals surface area contributed by atoms with Gasteiger partial charge in [-0.25, -0.2) is 0 Å². The van der Waals surface area contributed by atoms with Gasteiger partial charge in [-0.2, -0.15) is 4.73 Å². The van der Waals surface area contributed by atoms with Crippen molar-refractivity contribution in [2.24, 2.45) is 11.1 Å². The average Bonchev–Trinajstić information content (AvgIpc) is 2.92. The second kappa shape index (κ2) is 13.9. The van der Waals surface area contributed by atoms with E-state index >= 15 is 0 Å². The molecule has 1 amide bonds. The number of oxime groups is 1. The van der Waals surface area contributed by atoms with Gasteiger partial charge in [-0.3, -0.25) is 9.69 Å². The normalized spacial score (nSPS) is 18.0. The van der Waals surface area contributed by atoms with E-state index in [0.717, 1.165) is 64.8 Å². The molecule has 40 heavy (non-hydrogen) atoms. The van der Waals surface area contributed by atoms with E-state index in [9.17, 15) is 10.0 Å². The van der Waals surface area contributed by atoms with E-state index in [4.69, 9.17) is 20.2 Å². The maximum absolute atomic E-state index is 13.3. The Hall–Kier alpha value is -3.25. The van der Waals surface area contributed by atoms with Crippen LogP contribution in [0.1, 0.15) is 66.7 Å². The maximum atomic E-state index is 13.3. The first kappa shape index (κ1) is 31.3. The Balaban J connectivity index is 0.00000103. The Morgan fingerprint density at radius 1 is 1.18 bits per heavy atom. The van der Waals surface area contributed by atoms with Crippen molar-refractivity contribution in [1.82, 2.24) is 9.80 Å². The highest BCUT2D eigenvalue weighted by Gasteiger charge is 2.40. The van der Waals surface area contributed by atoms with Crippen LogP contribution < -0.4 is 4.73 Å². The monoisotopic (exact) mass is 619 g/mol. The molecule has 0 spiro atoms. The predicted molar refractivity (Wildman–Crippen MR) is 154 cm³/mol. The highest BCUT2D eigenvalue weighted by Crippen LogP contribution is 2.34. The van der Waals surface area contributed by atoms with Crippen LogP contribution in [0, 0.1) is 35.1 Å². The van der Waals surface area contributed by atoms with Crippen molar-refractivity contribution in [2.75, 3.05) is 32.8 Å². The van der Waals surface area contributed by atoms with Gasteiger partial charge in [-0.1, -0.05) is 33.2 Å². The summed E-state index contributed by atoms with van der Waals surface area (Å²) in [7, 11) is 0. The van der Waals surface area contributed by atoms with E-state index in [1.807, 2.05) is 18.7 Å². The van der Waals surface area contributed by atoms with E-state index in [2.05, 4.69) is 57.2 Å². The second-order valence-corrected chi connectivity index (χ2v) is 11.4. The largest absolute Gasteiger partial charge is 0.618 e. The van der Waals surface area contributed by atoms with Crippen LogP contribution in [0.2, 0.25) is 0 Å². The number of halogens is 1. The van der Waals surface area contributed by atoms with Crippen molar-refractivity contribution < 1.29 is 24.7 Å². The number of carbonyl (C=O) groups excluding carboxylic acids is 1.